The van der Waals surface area contributed by atoms with Crippen LogP contribution in [0.3, 0.4) is 0 Å². The molecule has 1 rings (SSSR count). The summed E-state index contributed by atoms with van der Waals surface area (Å²) < 4.78 is 4.61. The summed E-state index contributed by atoms with van der Waals surface area (Å²) >= 11 is 0. The first-order valence-corrected chi connectivity index (χ1v) is 4.51. The summed E-state index contributed by atoms with van der Waals surface area (Å²) in [5.74, 6) is -0.386. The maximum absolute atomic E-state index is 11.3. The molecule has 1 aliphatic heterocycles. The van der Waals surface area contributed by atoms with Crippen molar-refractivity contribution >= 4 is 5.97 Å². The van der Waals surface area contributed by atoms with Gasteiger partial charge in [-0.3, -0.25) is 9.69 Å². The Balaban J connectivity index is 2.73. The lowest BCUT2D eigenvalue weighted by atomic mass is 10.2. The molecular weight excluding hydrogens is 184 g/mol. The molecule has 78 valence electrons. The van der Waals surface area contributed by atoms with E-state index in [0.717, 1.165) is 0 Å². The quantitative estimate of drug-likeness (QED) is 0.606. The highest BCUT2D eigenvalue weighted by molar-refractivity contribution is 5.76. The van der Waals surface area contributed by atoms with Crippen LogP contribution in [0.2, 0.25) is 0 Å². The van der Waals surface area contributed by atoms with Crippen LogP contribution >= 0.6 is 0 Å². The lowest BCUT2D eigenvalue weighted by Gasteiger charge is -2.23. The molecule has 1 N–H and O–H groups in total. The third kappa shape index (κ3) is 2.03. The monoisotopic (exact) mass is 198 g/mol. The van der Waals surface area contributed by atoms with Crippen molar-refractivity contribution < 1.29 is 14.6 Å². The molecule has 14 heavy (non-hydrogen) atoms. The van der Waals surface area contributed by atoms with Crippen LogP contribution < -0.4 is 0 Å². The smallest absolute Gasteiger partial charge is 0.323 e. The molecule has 0 amide bonds. The Morgan fingerprint density at radius 1 is 1.79 bits per heavy atom. The summed E-state index contributed by atoms with van der Waals surface area (Å²) in [6.45, 7) is 2.06. The average Bonchev–Trinajstić information content (AvgIpc) is 2.58. The largest absolute Gasteiger partial charge is 0.468 e. The van der Waals surface area contributed by atoms with Crippen molar-refractivity contribution in [3.05, 3.63) is 0 Å². The highest BCUT2D eigenvalue weighted by Crippen LogP contribution is 2.21. The number of rotatable bonds is 2. The van der Waals surface area contributed by atoms with Crippen molar-refractivity contribution in [2.75, 3.05) is 13.7 Å². The van der Waals surface area contributed by atoms with Gasteiger partial charge in [0.2, 0.25) is 0 Å². The van der Waals surface area contributed by atoms with E-state index in [1.807, 2.05) is 6.07 Å². The molecule has 0 aliphatic carbocycles. The standard InChI is InChI=1S/C9H14N2O3/c1-6(4-10)11-5-7(12)3-8(11)9(13)14-2/h6-8,12H,3,5H2,1-2H3. The molecule has 0 saturated carbocycles. The third-order valence-electron chi connectivity index (χ3n) is 2.47. The first kappa shape index (κ1) is 11.0. The van der Waals surface area contributed by atoms with Crippen molar-refractivity contribution in [1.82, 2.24) is 4.90 Å². The van der Waals surface area contributed by atoms with Crippen molar-refractivity contribution in [3.63, 3.8) is 0 Å². The highest BCUT2D eigenvalue weighted by atomic mass is 16.5. The van der Waals surface area contributed by atoms with Gasteiger partial charge in [0.1, 0.15) is 6.04 Å². The molecule has 0 spiro atoms. The van der Waals surface area contributed by atoms with E-state index in [-0.39, 0.29) is 12.0 Å². The fourth-order valence-corrected chi connectivity index (χ4v) is 1.71. The van der Waals surface area contributed by atoms with Crippen LogP contribution in [0.1, 0.15) is 13.3 Å². The summed E-state index contributed by atoms with van der Waals surface area (Å²) in [6, 6.07) is 1.18. The second kappa shape index (κ2) is 4.40. The van der Waals surface area contributed by atoms with E-state index in [1.54, 1.807) is 11.8 Å². The molecule has 0 aromatic carbocycles. The number of hydrogen-bond donors (Lipinski definition) is 1. The Kier molecular flexibility index (Phi) is 3.44. The number of ether oxygens (including phenoxy) is 1. The van der Waals surface area contributed by atoms with E-state index >= 15 is 0 Å². The Morgan fingerprint density at radius 3 is 2.93 bits per heavy atom. The molecule has 1 fully saturated rings. The fourth-order valence-electron chi connectivity index (χ4n) is 1.71. The van der Waals surface area contributed by atoms with Gasteiger partial charge in [-0.25, -0.2) is 0 Å². The van der Waals surface area contributed by atoms with Gasteiger partial charge in [-0.1, -0.05) is 0 Å². The first-order chi connectivity index (χ1) is 6.60. The van der Waals surface area contributed by atoms with E-state index in [9.17, 15) is 9.90 Å². The molecule has 0 aromatic heterocycles. The lowest BCUT2D eigenvalue weighted by molar-refractivity contribution is -0.146. The minimum absolute atomic E-state index is 0.346. The molecular formula is C9H14N2O3. The van der Waals surface area contributed by atoms with Gasteiger partial charge >= 0.3 is 5.97 Å². The number of methoxy groups -OCH3 is 1. The van der Waals surface area contributed by atoms with Crippen LogP contribution in [-0.4, -0.2) is 47.8 Å². The minimum atomic E-state index is -0.546. The number of carbonyl (C=O) groups excluding carboxylic acids is 1. The third-order valence-corrected chi connectivity index (χ3v) is 2.47. The zero-order valence-electron chi connectivity index (χ0n) is 8.30. The van der Waals surface area contributed by atoms with Crippen molar-refractivity contribution in [1.29, 1.82) is 5.26 Å². The maximum atomic E-state index is 11.3. The van der Waals surface area contributed by atoms with Crippen molar-refractivity contribution in [3.8, 4) is 6.07 Å². The molecule has 0 radical (unpaired) electrons. The number of β-amino-alcohol motifs (C(OH)–C–C–N with tert-alkyl or cyclic N) is 1. The van der Waals surface area contributed by atoms with Crippen LogP contribution in [0.4, 0.5) is 0 Å². The normalized spacial score (nSPS) is 29.6. The van der Waals surface area contributed by atoms with Gasteiger partial charge in [-0.2, -0.15) is 5.26 Å². The molecule has 3 unspecified atom stereocenters. The van der Waals surface area contributed by atoms with Crippen LogP contribution in [0, 0.1) is 11.3 Å². The van der Waals surface area contributed by atoms with E-state index in [1.165, 1.54) is 7.11 Å². The predicted octanol–water partition coefficient (Wildman–Crippen LogP) is -0.493. The Bertz CT molecular complexity index is 261. The Labute approximate surface area is 82.9 Å². The van der Waals surface area contributed by atoms with Gasteiger partial charge in [-0.15, -0.1) is 0 Å². The predicted molar refractivity (Wildman–Crippen MR) is 48.2 cm³/mol. The maximum Gasteiger partial charge on any atom is 0.323 e. The number of likely N-dealkylation sites (tertiary alicyclic amines) is 1. The Hall–Kier alpha value is -1.12. The van der Waals surface area contributed by atoms with Gasteiger partial charge in [0.15, 0.2) is 0 Å². The van der Waals surface area contributed by atoms with Gasteiger partial charge in [-0.05, 0) is 6.92 Å². The second-order valence-corrected chi connectivity index (χ2v) is 3.43. The van der Waals surface area contributed by atoms with E-state index < -0.39 is 12.1 Å². The van der Waals surface area contributed by atoms with Crippen LogP contribution in [0.15, 0.2) is 0 Å². The van der Waals surface area contributed by atoms with Gasteiger partial charge < -0.3 is 9.84 Å². The summed E-state index contributed by atoms with van der Waals surface area (Å²) in [4.78, 5) is 13.0. The number of nitrogens with zero attached hydrogens (tertiary/aromatic N) is 2. The van der Waals surface area contributed by atoms with Gasteiger partial charge in [0.25, 0.3) is 0 Å². The minimum Gasteiger partial charge on any atom is -0.468 e. The summed E-state index contributed by atoms with van der Waals surface area (Å²) in [5, 5.41) is 18.1. The van der Waals surface area contributed by atoms with E-state index in [4.69, 9.17) is 5.26 Å². The van der Waals surface area contributed by atoms with Crippen LogP contribution in [0.25, 0.3) is 0 Å². The van der Waals surface area contributed by atoms with E-state index in [2.05, 4.69) is 4.74 Å². The van der Waals surface area contributed by atoms with Crippen molar-refractivity contribution in [2.45, 2.75) is 31.5 Å². The van der Waals surface area contributed by atoms with Crippen LogP contribution in [-0.2, 0) is 9.53 Å². The van der Waals surface area contributed by atoms with Crippen molar-refractivity contribution in [2.24, 2.45) is 0 Å². The fraction of sp³-hybridized carbons (Fsp3) is 0.778. The zero-order valence-corrected chi connectivity index (χ0v) is 8.30. The SMILES string of the molecule is COC(=O)C1CC(O)CN1C(C)C#N. The molecule has 1 saturated heterocycles. The number of nitriles is 1. The molecule has 3 atom stereocenters. The van der Waals surface area contributed by atoms with E-state index in [0.29, 0.717) is 13.0 Å². The molecule has 5 heteroatoms. The first-order valence-electron chi connectivity index (χ1n) is 4.51. The molecule has 1 aliphatic rings. The number of aliphatic hydroxyl groups excluding tert-OH is 1. The number of hydrogen-bond acceptors (Lipinski definition) is 5. The highest BCUT2D eigenvalue weighted by Gasteiger charge is 2.39. The summed E-state index contributed by atoms with van der Waals surface area (Å²) in [7, 11) is 1.31. The van der Waals surface area contributed by atoms with Crippen LogP contribution in [0.5, 0.6) is 0 Å². The summed E-state index contributed by atoms with van der Waals surface area (Å²) in [5.41, 5.74) is 0. The number of carbonyl (C=O) groups is 1. The second-order valence-electron chi connectivity index (χ2n) is 3.43. The number of esters is 1. The summed E-state index contributed by atoms with van der Waals surface area (Å²) in [6.07, 6.45) is -0.200. The molecule has 0 bridgehead atoms. The average molecular weight is 198 g/mol. The lowest BCUT2D eigenvalue weighted by Crippen LogP contribution is -2.41. The molecule has 5 nitrogen and oxygen atoms in total. The molecule has 0 aromatic rings. The molecule has 1 heterocycles. The van der Waals surface area contributed by atoms with Gasteiger partial charge in [0.05, 0.1) is 25.3 Å². The van der Waals surface area contributed by atoms with Gasteiger partial charge in [0, 0.05) is 13.0 Å². The topological polar surface area (TPSA) is 73.6 Å². The number of aliphatic hydroxyl groups is 1. The zero-order chi connectivity index (χ0) is 10.7. The Morgan fingerprint density at radius 2 is 2.43 bits per heavy atom.